The first-order valence-electron chi connectivity index (χ1n) is 4.27. The van der Waals surface area contributed by atoms with E-state index in [2.05, 4.69) is 4.98 Å². The number of hydrogen-bond donors (Lipinski definition) is 0. The summed E-state index contributed by atoms with van der Waals surface area (Å²) < 4.78 is 5.59. The zero-order chi connectivity index (χ0) is 9.54. The lowest BCUT2D eigenvalue weighted by atomic mass is 10.2. The van der Waals surface area contributed by atoms with E-state index >= 15 is 0 Å². The van der Waals surface area contributed by atoms with Gasteiger partial charge in [-0.15, -0.1) is 0 Å². The molecule has 2 heterocycles. The molecule has 0 saturated carbocycles. The molecule has 0 bridgehead atoms. The molecule has 0 aliphatic heterocycles. The predicted molar refractivity (Wildman–Crippen MR) is 56.5 cm³/mol. The minimum absolute atomic E-state index is 0.594. The quantitative estimate of drug-likeness (QED) is 0.558. The maximum absolute atomic E-state index is 5.82. The number of benzene rings is 1. The van der Waals surface area contributed by atoms with E-state index in [0.717, 1.165) is 22.1 Å². The monoisotopic (exact) mass is 203 g/mol. The number of halogens is 1. The van der Waals surface area contributed by atoms with Crippen molar-refractivity contribution in [3.63, 3.8) is 0 Å². The lowest BCUT2D eigenvalue weighted by Crippen LogP contribution is -1.72. The van der Waals surface area contributed by atoms with E-state index in [-0.39, 0.29) is 0 Å². The summed E-state index contributed by atoms with van der Waals surface area (Å²) in [6, 6.07) is 9.59. The largest absolute Gasteiger partial charge is 0.454 e. The number of furan rings is 1. The molecule has 1 aromatic carbocycles. The Morgan fingerprint density at radius 1 is 1.14 bits per heavy atom. The zero-order valence-corrected chi connectivity index (χ0v) is 7.95. The highest BCUT2D eigenvalue weighted by Crippen LogP contribution is 2.27. The number of fused-ring (bicyclic) bond motifs is 3. The van der Waals surface area contributed by atoms with Gasteiger partial charge in [-0.1, -0.05) is 23.7 Å². The molecule has 68 valence electrons. The van der Waals surface area contributed by atoms with Gasteiger partial charge in [0, 0.05) is 17.6 Å². The molecule has 0 spiro atoms. The highest BCUT2D eigenvalue weighted by atomic mass is 35.5. The molecule has 0 aliphatic rings. The fourth-order valence-corrected chi connectivity index (χ4v) is 1.72. The van der Waals surface area contributed by atoms with Gasteiger partial charge in [0.15, 0.2) is 5.58 Å². The molecule has 0 N–H and O–H groups in total. The first-order valence-corrected chi connectivity index (χ1v) is 4.65. The molecule has 0 unspecified atom stereocenters. The molecule has 2 aromatic heterocycles. The van der Waals surface area contributed by atoms with E-state index in [0.29, 0.717) is 5.02 Å². The third-order valence-electron chi connectivity index (χ3n) is 2.18. The Morgan fingerprint density at radius 3 is 2.93 bits per heavy atom. The van der Waals surface area contributed by atoms with Crippen LogP contribution in [0.15, 0.2) is 40.9 Å². The number of hydrogen-bond acceptors (Lipinski definition) is 2. The van der Waals surface area contributed by atoms with Crippen LogP contribution in [0.4, 0.5) is 0 Å². The maximum atomic E-state index is 5.82. The summed E-state index contributed by atoms with van der Waals surface area (Å²) in [4.78, 5) is 4.24. The van der Waals surface area contributed by atoms with Crippen LogP contribution in [0.1, 0.15) is 0 Å². The van der Waals surface area contributed by atoms with Crippen molar-refractivity contribution in [3.8, 4) is 0 Å². The Bertz CT molecular complexity index is 615. The summed E-state index contributed by atoms with van der Waals surface area (Å²) in [5.41, 5.74) is 2.45. The van der Waals surface area contributed by atoms with Gasteiger partial charge in [-0.05, 0) is 12.1 Å². The van der Waals surface area contributed by atoms with Crippen molar-refractivity contribution in [3.05, 3.63) is 41.6 Å². The van der Waals surface area contributed by atoms with Crippen LogP contribution in [-0.4, -0.2) is 4.98 Å². The standard InChI is InChI=1S/C11H6ClNO/c12-7-5-10-11(13-6-7)8-3-1-2-4-9(8)14-10/h1-6H. The van der Waals surface area contributed by atoms with Crippen molar-refractivity contribution in [1.82, 2.24) is 4.98 Å². The molecule has 3 aromatic rings. The van der Waals surface area contributed by atoms with Crippen LogP contribution < -0.4 is 0 Å². The topological polar surface area (TPSA) is 26.0 Å². The van der Waals surface area contributed by atoms with Crippen molar-refractivity contribution in [2.24, 2.45) is 0 Å². The van der Waals surface area contributed by atoms with Crippen LogP contribution in [0, 0.1) is 0 Å². The van der Waals surface area contributed by atoms with E-state index in [1.54, 1.807) is 12.3 Å². The van der Waals surface area contributed by atoms with Crippen LogP contribution in [-0.2, 0) is 0 Å². The second kappa shape index (κ2) is 2.72. The summed E-state index contributed by atoms with van der Waals surface area (Å²) in [5, 5.41) is 1.62. The highest BCUT2D eigenvalue weighted by Gasteiger charge is 2.06. The van der Waals surface area contributed by atoms with Crippen molar-refractivity contribution >= 4 is 33.7 Å². The van der Waals surface area contributed by atoms with E-state index < -0.39 is 0 Å². The Balaban J connectivity index is 2.57. The molecule has 3 rings (SSSR count). The molecule has 0 amide bonds. The van der Waals surface area contributed by atoms with E-state index in [1.165, 1.54) is 0 Å². The Morgan fingerprint density at radius 2 is 2.00 bits per heavy atom. The molecule has 3 heteroatoms. The summed E-state index contributed by atoms with van der Waals surface area (Å²) in [6.45, 7) is 0. The van der Waals surface area contributed by atoms with Gasteiger partial charge in [0.2, 0.25) is 0 Å². The molecular formula is C11H6ClNO. The molecule has 0 saturated heterocycles. The lowest BCUT2D eigenvalue weighted by Gasteiger charge is -1.88. The SMILES string of the molecule is Clc1cnc2c(c1)oc1ccccc12. The predicted octanol–water partition coefficient (Wildman–Crippen LogP) is 3.63. The molecule has 0 atom stereocenters. The third-order valence-corrected chi connectivity index (χ3v) is 2.39. The summed E-state index contributed by atoms with van der Waals surface area (Å²) >= 11 is 5.82. The minimum Gasteiger partial charge on any atom is -0.454 e. The van der Waals surface area contributed by atoms with E-state index in [1.807, 2.05) is 24.3 Å². The molecule has 2 nitrogen and oxygen atoms in total. The second-order valence-electron chi connectivity index (χ2n) is 3.10. The number of nitrogens with zero attached hydrogens (tertiary/aromatic N) is 1. The number of para-hydroxylation sites is 1. The number of pyridine rings is 1. The van der Waals surface area contributed by atoms with Gasteiger partial charge >= 0.3 is 0 Å². The minimum atomic E-state index is 0.594. The second-order valence-corrected chi connectivity index (χ2v) is 3.53. The molecule has 0 fully saturated rings. The van der Waals surface area contributed by atoms with Crippen LogP contribution in [0.5, 0.6) is 0 Å². The summed E-state index contributed by atoms with van der Waals surface area (Å²) in [6.07, 6.45) is 1.63. The average Bonchev–Trinajstić information content (AvgIpc) is 2.54. The molecule has 0 radical (unpaired) electrons. The highest BCUT2D eigenvalue weighted by molar-refractivity contribution is 6.31. The fourth-order valence-electron chi connectivity index (χ4n) is 1.57. The van der Waals surface area contributed by atoms with Crippen LogP contribution in [0.3, 0.4) is 0 Å². The smallest absolute Gasteiger partial charge is 0.155 e. The van der Waals surface area contributed by atoms with Crippen molar-refractivity contribution in [2.45, 2.75) is 0 Å². The maximum Gasteiger partial charge on any atom is 0.155 e. The first-order chi connectivity index (χ1) is 6.84. The molecule has 14 heavy (non-hydrogen) atoms. The normalized spacial score (nSPS) is 11.2. The van der Waals surface area contributed by atoms with Crippen molar-refractivity contribution < 1.29 is 4.42 Å². The Hall–Kier alpha value is -1.54. The molecular weight excluding hydrogens is 198 g/mol. The third kappa shape index (κ3) is 1.01. The number of aromatic nitrogens is 1. The lowest BCUT2D eigenvalue weighted by molar-refractivity contribution is 0.668. The van der Waals surface area contributed by atoms with Crippen LogP contribution >= 0.6 is 11.6 Å². The molecule has 0 aliphatic carbocycles. The van der Waals surface area contributed by atoms with E-state index in [4.69, 9.17) is 16.0 Å². The number of rotatable bonds is 0. The van der Waals surface area contributed by atoms with Gasteiger partial charge in [-0.3, -0.25) is 4.98 Å². The van der Waals surface area contributed by atoms with Gasteiger partial charge in [0.1, 0.15) is 11.1 Å². The summed E-state index contributed by atoms with van der Waals surface area (Å²) in [7, 11) is 0. The Labute approximate surface area is 85.1 Å². The van der Waals surface area contributed by atoms with Gasteiger partial charge in [-0.25, -0.2) is 0 Å². The van der Waals surface area contributed by atoms with E-state index in [9.17, 15) is 0 Å². The van der Waals surface area contributed by atoms with Crippen LogP contribution in [0.25, 0.3) is 22.1 Å². The van der Waals surface area contributed by atoms with Gasteiger partial charge in [-0.2, -0.15) is 0 Å². The van der Waals surface area contributed by atoms with Crippen molar-refractivity contribution in [1.29, 1.82) is 0 Å². The van der Waals surface area contributed by atoms with Crippen molar-refractivity contribution in [2.75, 3.05) is 0 Å². The van der Waals surface area contributed by atoms with Gasteiger partial charge in [0.25, 0.3) is 0 Å². The first kappa shape index (κ1) is 7.83. The van der Waals surface area contributed by atoms with Crippen LogP contribution in [0.2, 0.25) is 5.02 Å². The Kier molecular flexibility index (Phi) is 1.52. The van der Waals surface area contributed by atoms with Gasteiger partial charge < -0.3 is 4.42 Å². The average molecular weight is 204 g/mol. The fraction of sp³-hybridized carbons (Fsp3) is 0. The van der Waals surface area contributed by atoms with Gasteiger partial charge in [0.05, 0.1) is 5.02 Å². The summed E-state index contributed by atoms with van der Waals surface area (Å²) in [5.74, 6) is 0. The zero-order valence-electron chi connectivity index (χ0n) is 7.20.